The number of carbonyl (C=O) groups is 1. The second-order valence-corrected chi connectivity index (χ2v) is 5.99. The van der Waals surface area contributed by atoms with Crippen LogP contribution < -0.4 is 4.74 Å². The molecule has 0 bridgehead atoms. The molecule has 0 aliphatic heterocycles. The molecule has 0 fully saturated rings. The number of benzene rings is 2. The summed E-state index contributed by atoms with van der Waals surface area (Å²) in [5.41, 5.74) is 1.56. The summed E-state index contributed by atoms with van der Waals surface area (Å²) in [6, 6.07) is 12.1. The van der Waals surface area contributed by atoms with Gasteiger partial charge in [0.25, 0.3) is 0 Å². The Balaban J connectivity index is 2.03. The molecule has 4 heteroatoms. The van der Waals surface area contributed by atoms with E-state index >= 15 is 0 Å². The van der Waals surface area contributed by atoms with E-state index in [0.717, 1.165) is 22.4 Å². The number of ether oxygens (including phenoxy) is 1. The maximum Gasteiger partial charge on any atom is 0.162 e. The van der Waals surface area contributed by atoms with Crippen molar-refractivity contribution in [2.75, 3.05) is 7.11 Å². The van der Waals surface area contributed by atoms with Gasteiger partial charge >= 0.3 is 0 Å². The van der Waals surface area contributed by atoms with E-state index in [-0.39, 0.29) is 11.6 Å². The van der Waals surface area contributed by atoms with E-state index in [1.54, 1.807) is 24.9 Å². The average molecular weight is 318 g/mol. The molecule has 0 unspecified atom stereocenters. The minimum Gasteiger partial charge on any atom is -0.496 e. The number of Topliss-reactive ketones (excluding diaryl/α,β-unsaturated/α-hetero) is 1. The molecule has 0 amide bonds. The van der Waals surface area contributed by atoms with Crippen molar-refractivity contribution in [2.24, 2.45) is 0 Å². The highest BCUT2D eigenvalue weighted by Crippen LogP contribution is 2.28. The van der Waals surface area contributed by atoms with Gasteiger partial charge in [-0.2, -0.15) is 0 Å². The third-order valence-corrected chi connectivity index (χ3v) is 4.35. The second-order valence-electron chi connectivity index (χ2n) is 4.94. The van der Waals surface area contributed by atoms with Gasteiger partial charge in [0.15, 0.2) is 5.78 Å². The lowest BCUT2D eigenvalue weighted by atomic mass is 10.1. The summed E-state index contributed by atoms with van der Waals surface area (Å²) in [6.45, 7) is 1.99. The van der Waals surface area contributed by atoms with Gasteiger partial charge in [-0.3, -0.25) is 4.79 Å². The molecule has 0 spiro atoms. The summed E-state index contributed by atoms with van der Waals surface area (Å²) in [4.78, 5) is 12.8. The van der Waals surface area contributed by atoms with Gasteiger partial charge in [0.05, 0.1) is 7.11 Å². The predicted molar refractivity (Wildman–Crippen MR) is 88.2 cm³/mol. The smallest absolute Gasteiger partial charge is 0.162 e. The molecule has 0 aliphatic rings. The molecule has 0 saturated heterocycles. The number of thioether (sulfide) groups is 1. The van der Waals surface area contributed by atoms with Crippen molar-refractivity contribution in [3.63, 3.8) is 0 Å². The Hall–Kier alpha value is -1.81. The SMILES string of the molecule is CCCC(=O)c1ccc(SCc2cc(F)ccc2OC)cc1. The monoisotopic (exact) mass is 318 g/mol. The van der Waals surface area contributed by atoms with E-state index in [2.05, 4.69) is 0 Å². The van der Waals surface area contributed by atoms with Crippen LogP contribution in [0.15, 0.2) is 47.4 Å². The Labute approximate surface area is 134 Å². The van der Waals surface area contributed by atoms with Crippen molar-refractivity contribution in [1.29, 1.82) is 0 Å². The minimum atomic E-state index is -0.267. The van der Waals surface area contributed by atoms with Crippen molar-refractivity contribution in [1.82, 2.24) is 0 Å². The quantitative estimate of drug-likeness (QED) is 0.524. The highest BCUT2D eigenvalue weighted by atomic mass is 32.2. The standard InChI is InChI=1S/C18H19FO2S/c1-3-4-17(20)13-5-8-16(9-6-13)22-12-14-11-15(19)7-10-18(14)21-2/h5-11H,3-4,12H2,1-2H3. The summed E-state index contributed by atoms with van der Waals surface area (Å²) >= 11 is 1.59. The first kappa shape index (κ1) is 16.6. The normalized spacial score (nSPS) is 10.5. The predicted octanol–water partition coefficient (Wildman–Crippen LogP) is 5.11. The van der Waals surface area contributed by atoms with Crippen molar-refractivity contribution < 1.29 is 13.9 Å². The molecule has 2 aromatic carbocycles. The molecule has 0 heterocycles. The van der Waals surface area contributed by atoms with Crippen LogP contribution in [0, 0.1) is 5.82 Å². The summed E-state index contributed by atoms with van der Waals surface area (Å²) in [5.74, 6) is 1.20. The third kappa shape index (κ3) is 4.34. The lowest BCUT2D eigenvalue weighted by Crippen LogP contribution is -1.97. The van der Waals surface area contributed by atoms with E-state index in [1.807, 2.05) is 31.2 Å². The van der Waals surface area contributed by atoms with Crippen LogP contribution in [-0.2, 0) is 5.75 Å². The molecular weight excluding hydrogens is 299 g/mol. The van der Waals surface area contributed by atoms with Crippen LogP contribution in [0.3, 0.4) is 0 Å². The van der Waals surface area contributed by atoms with Crippen LogP contribution in [0.2, 0.25) is 0 Å². The Morgan fingerprint density at radius 1 is 1.18 bits per heavy atom. The first-order valence-electron chi connectivity index (χ1n) is 7.22. The van der Waals surface area contributed by atoms with E-state index in [1.165, 1.54) is 12.1 Å². The second kappa shape index (κ2) is 7.99. The molecule has 22 heavy (non-hydrogen) atoms. The van der Waals surface area contributed by atoms with Crippen LogP contribution in [0.5, 0.6) is 5.75 Å². The third-order valence-electron chi connectivity index (χ3n) is 3.29. The summed E-state index contributed by atoms with van der Waals surface area (Å²) in [6.07, 6.45) is 1.43. The van der Waals surface area contributed by atoms with Gasteiger partial charge in [-0.15, -0.1) is 11.8 Å². The maximum atomic E-state index is 13.3. The highest BCUT2D eigenvalue weighted by molar-refractivity contribution is 7.98. The van der Waals surface area contributed by atoms with E-state index in [9.17, 15) is 9.18 Å². The number of hydrogen-bond acceptors (Lipinski definition) is 3. The first-order chi connectivity index (χ1) is 10.6. The minimum absolute atomic E-state index is 0.172. The molecule has 0 aromatic heterocycles. The van der Waals surface area contributed by atoms with Crippen molar-refractivity contribution in [3.8, 4) is 5.75 Å². The van der Waals surface area contributed by atoms with Crippen LogP contribution in [0.25, 0.3) is 0 Å². The fourth-order valence-electron chi connectivity index (χ4n) is 2.13. The number of rotatable bonds is 7. The Kier molecular flexibility index (Phi) is 6.01. The first-order valence-corrected chi connectivity index (χ1v) is 8.21. The van der Waals surface area contributed by atoms with Gasteiger partial charge in [0.1, 0.15) is 11.6 Å². The molecule has 116 valence electrons. The van der Waals surface area contributed by atoms with Crippen molar-refractivity contribution >= 4 is 17.5 Å². The van der Waals surface area contributed by atoms with Gasteiger partial charge in [0.2, 0.25) is 0 Å². The number of methoxy groups -OCH3 is 1. The molecule has 2 nitrogen and oxygen atoms in total. The van der Waals surface area contributed by atoms with Gasteiger partial charge in [-0.05, 0) is 36.8 Å². The molecule has 0 aliphatic carbocycles. The fraction of sp³-hybridized carbons (Fsp3) is 0.278. The lowest BCUT2D eigenvalue weighted by Gasteiger charge is -2.08. The average Bonchev–Trinajstić information content (AvgIpc) is 2.54. The Morgan fingerprint density at radius 3 is 2.55 bits per heavy atom. The fourth-order valence-corrected chi connectivity index (χ4v) is 3.01. The lowest BCUT2D eigenvalue weighted by molar-refractivity contribution is 0.0981. The van der Waals surface area contributed by atoms with Crippen LogP contribution in [0.4, 0.5) is 4.39 Å². The van der Waals surface area contributed by atoms with Crippen LogP contribution in [-0.4, -0.2) is 12.9 Å². The van der Waals surface area contributed by atoms with E-state index in [4.69, 9.17) is 4.74 Å². The zero-order valence-corrected chi connectivity index (χ0v) is 13.6. The van der Waals surface area contributed by atoms with Crippen molar-refractivity contribution in [3.05, 3.63) is 59.4 Å². The molecule has 0 atom stereocenters. The maximum absolute atomic E-state index is 13.3. The zero-order chi connectivity index (χ0) is 15.9. The number of carbonyl (C=O) groups excluding carboxylic acids is 1. The van der Waals surface area contributed by atoms with Crippen molar-refractivity contribution in [2.45, 2.75) is 30.4 Å². The van der Waals surface area contributed by atoms with Crippen LogP contribution >= 0.6 is 11.8 Å². The Morgan fingerprint density at radius 2 is 1.91 bits per heavy atom. The Bertz CT molecular complexity index is 638. The highest BCUT2D eigenvalue weighted by Gasteiger charge is 2.07. The molecule has 2 rings (SSSR count). The molecule has 0 saturated carbocycles. The molecule has 0 radical (unpaired) electrons. The molecule has 2 aromatic rings. The molecule has 0 N–H and O–H groups in total. The van der Waals surface area contributed by atoms with Gasteiger partial charge in [0, 0.05) is 28.2 Å². The van der Waals surface area contributed by atoms with Gasteiger partial charge in [-0.25, -0.2) is 4.39 Å². The molecular formula is C18H19FO2S. The van der Waals surface area contributed by atoms with Gasteiger partial charge < -0.3 is 4.74 Å². The van der Waals surface area contributed by atoms with E-state index in [0.29, 0.717) is 17.9 Å². The number of halogens is 1. The summed E-state index contributed by atoms with van der Waals surface area (Å²) in [7, 11) is 1.58. The number of hydrogen-bond donors (Lipinski definition) is 0. The zero-order valence-electron chi connectivity index (χ0n) is 12.8. The van der Waals surface area contributed by atoms with Crippen LogP contribution in [0.1, 0.15) is 35.7 Å². The number of ketones is 1. The largest absolute Gasteiger partial charge is 0.496 e. The van der Waals surface area contributed by atoms with E-state index < -0.39 is 0 Å². The topological polar surface area (TPSA) is 26.3 Å². The van der Waals surface area contributed by atoms with Gasteiger partial charge in [-0.1, -0.05) is 19.1 Å². The summed E-state index contributed by atoms with van der Waals surface area (Å²) < 4.78 is 18.6. The summed E-state index contributed by atoms with van der Waals surface area (Å²) in [5, 5.41) is 0.